The maximum absolute atomic E-state index is 5.99. The van der Waals surface area contributed by atoms with Gasteiger partial charge in [-0.05, 0) is 12.5 Å². The van der Waals surface area contributed by atoms with Gasteiger partial charge in [0.2, 0.25) is 5.88 Å². The molecule has 0 N–H and O–H groups in total. The number of hydrogen-bond acceptors (Lipinski definition) is 2. The van der Waals surface area contributed by atoms with E-state index >= 15 is 0 Å². The van der Waals surface area contributed by atoms with Crippen molar-refractivity contribution < 1.29 is 4.74 Å². The van der Waals surface area contributed by atoms with Crippen LogP contribution in [0.5, 0.6) is 0 Å². The number of nitrogens with zero attached hydrogens (tertiary/aromatic N) is 1. The minimum Gasteiger partial charge on any atom is -0.480 e. The van der Waals surface area contributed by atoms with Gasteiger partial charge in [0, 0.05) is 6.42 Å². The number of hydrogen-bond donors (Lipinski definition) is 0. The maximum Gasteiger partial charge on any atom is 0.233 e. The summed E-state index contributed by atoms with van der Waals surface area (Å²) in [6, 6.07) is 0. The van der Waals surface area contributed by atoms with Crippen LogP contribution in [0.3, 0.4) is 0 Å². The molecule has 0 unspecified atom stereocenters. The molecular formula is C11H12ClNO. The van der Waals surface area contributed by atoms with Gasteiger partial charge in [-0.15, -0.1) is 6.42 Å². The number of rotatable bonds is 2. The van der Waals surface area contributed by atoms with E-state index in [-0.39, 0.29) is 0 Å². The largest absolute Gasteiger partial charge is 0.480 e. The van der Waals surface area contributed by atoms with Gasteiger partial charge in [-0.1, -0.05) is 30.0 Å². The lowest BCUT2D eigenvalue weighted by Crippen LogP contribution is -1.96. The summed E-state index contributed by atoms with van der Waals surface area (Å²) in [7, 11) is 1.53. The van der Waals surface area contributed by atoms with Crippen molar-refractivity contribution in [1.29, 1.82) is 0 Å². The fraction of sp³-hybridized carbons (Fsp3) is 0.364. The predicted octanol–water partition coefficient (Wildman–Crippen LogP) is 2.86. The van der Waals surface area contributed by atoms with Gasteiger partial charge < -0.3 is 4.74 Å². The topological polar surface area (TPSA) is 21.6 Å². The first-order valence-corrected chi connectivity index (χ1v) is 4.76. The molecule has 14 heavy (non-hydrogen) atoms. The summed E-state index contributed by atoms with van der Waals surface area (Å²) in [5.41, 5.74) is 1.82. The summed E-state index contributed by atoms with van der Waals surface area (Å²) in [6.07, 6.45) is 8.78. The molecule has 0 saturated carbocycles. The third-order valence-corrected chi connectivity index (χ3v) is 2.25. The summed E-state index contributed by atoms with van der Waals surface area (Å²) in [5, 5.41) is 0.509. The average Bonchev–Trinajstić information content (AvgIpc) is 2.36. The highest BCUT2D eigenvalue weighted by molar-refractivity contribution is 6.31. The van der Waals surface area contributed by atoms with Crippen LogP contribution in [0.4, 0.5) is 0 Å². The molecule has 1 heterocycles. The molecule has 0 aromatic rings. The summed E-state index contributed by atoms with van der Waals surface area (Å²) >= 11 is 5.99. The quantitative estimate of drug-likeness (QED) is 0.641. The van der Waals surface area contributed by atoms with Crippen LogP contribution in [-0.4, -0.2) is 12.8 Å². The van der Waals surface area contributed by atoms with Crippen molar-refractivity contribution >= 4 is 17.3 Å². The number of methoxy groups -OCH3 is 1. The molecule has 0 aliphatic carbocycles. The Morgan fingerprint density at radius 1 is 1.71 bits per heavy atom. The molecule has 1 rings (SSSR count). The van der Waals surface area contributed by atoms with Gasteiger partial charge in [0.25, 0.3) is 0 Å². The second-order valence-electron chi connectivity index (χ2n) is 2.89. The Balaban J connectivity index is 3.13. The molecule has 0 aromatic heterocycles. The fourth-order valence-corrected chi connectivity index (χ4v) is 1.45. The van der Waals surface area contributed by atoms with Gasteiger partial charge in [-0.2, -0.15) is 0 Å². The van der Waals surface area contributed by atoms with Crippen molar-refractivity contribution in [2.24, 2.45) is 4.99 Å². The molecular weight excluding hydrogens is 198 g/mol. The van der Waals surface area contributed by atoms with E-state index < -0.39 is 0 Å². The molecule has 1 aliphatic heterocycles. The molecule has 3 heteroatoms. The van der Waals surface area contributed by atoms with Gasteiger partial charge in [0.1, 0.15) is 5.03 Å². The second kappa shape index (κ2) is 4.88. The van der Waals surface area contributed by atoms with E-state index in [0.717, 1.165) is 6.42 Å². The van der Waals surface area contributed by atoms with Crippen molar-refractivity contribution in [2.45, 2.75) is 19.8 Å². The Labute approximate surface area is 89.3 Å². The molecule has 0 radical (unpaired) electrons. The van der Waals surface area contributed by atoms with Crippen molar-refractivity contribution in [3.8, 4) is 12.3 Å². The lowest BCUT2D eigenvalue weighted by molar-refractivity contribution is 0.287. The van der Waals surface area contributed by atoms with E-state index in [1.54, 1.807) is 0 Å². The van der Waals surface area contributed by atoms with E-state index in [9.17, 15) is 0 Å². The molecule has 0 fully saturated rings. The van der Waals surface area contributed by atoms with E-state index in [2.05, 4.69) is 17.8 Å². The predicted molar refractivity (Wildman–Crippen MR) is 59.1 cm³/mol. The van der Waals surface area contributed by atoms with Crippen molar-refractivity contribution in [2.75, 3.05) is 7.11 Å². The van der Waals surface area contributed by atoms with E-state index in [1.165, 1.54) is 12.7 Å². The standard InChI is InChI=1S/C11H12ClNO/c1-4-8-6-9(5-2)13-11(14-3)10(12)7-8/h2,7H,4,6H2,1,3H3. The number of allylic oxidation sites excluding steroid dienone is 3. The van der Waals surface area contributed by atoms with Gasteiger partial charge in [0.05, 0.1) is 12.8 Å². The number of ether oxygens (including phenoxy) is 1. The highest BCUT2D eigenvalue weighted by Gasteiger charge is 2.10. The first kappa shape index (κ1) is 10.9. The first-order chi connectivity index (χ1) is 6.71. The maximum atomic E-state index is 5.99. The highest BCUT2D eigenvalue weighted by atomic mass is 35.5. The number of halogens is 1. The van der Waals surface area contributed by atoms with Crippen molar-refractivity contribution in [3.63, 3.8) is 0 Å². The molecule has 0 bridgehead atoms. The van der Waals surface area contributed by atoms with Gasteiger partial charge in [-0.25, -0.2) is 4.99 Å². The lowest BCUT2D eigenvalue weighted by Gasteiger charge is -1.99. The molecule has 2 nitrogen and oxygen atoms in total. The van der Waals surface area contributed by atoms with Crippen LogP contribution in [0.1, 0.15) is 19.8 Å². The molecule has 0 amide bonds. The smallest absolute Gasteiger partial charge is 0.233 e. The van der Waals surface area contributed by atoms with E-state index in [0.29, 0.717) is 23.0 Å². The zero-order chi connectivity index (χ0) is 10.6. The van der Waals surface area contributed by atoms with Crippen LogP contribution in [-0.2, 0) is 4.74 Å². The van der Waals surface area contributed by atoms with Crippen LogP contribution in [0.25, 0.3) is 0 Å². The lowest BCUT2D eigenvalue weighted by atomic mass is 10.1. The Kier molecular flexibility index (Phi) is 3.79. The van der Waals surface area contributed by atoms with Crippen LogP contribution in [0.2, 0.25) is 0 Å². The van der Waals surface area contributed by atoms with Crippen molar-refractivity contribution in [1.82, 2.24) is 0 Å². The van der Waals surface area contributed by atoms with Gasteiger partial charge >= 0.3 is 0 Å². The normalized spacial score (nSPS) is 16.7. The minimum absolute atomic E-state index is 0.392. The summed E-state index contributed by atoms with van der Waals surface area (Å²) in [4.78, 5) is 4.15. The Morgan fingerprint density at radius 3 is 2.93 bits per heavy atom. The fourth-order valence-electron chi connectivity index (χ4n) is 1.18. The molecule has 1 aliphatic rings. The average molecular weight is 210 g/mol. The van der Waals surface area contributed by atoms with Crippen LogP contribution in [0, 0.1) is 12.3 Å². The van der Waals surface area contributed by atoms with E-state index in [4.69, 9.17) is 22.8 Å². The Hall–Kier alpha value is -1.20. The van der Waals surface area contributed by atoms with Gasteiger partial charge in [-0.3, -0.25) is 0 Å². The van der Waals surface area contributed by atoms with Crippen LogP contribution in [0.15, 0.2) is 27.6 Å². The Bertz CT molecular complexity index is 358. The third-order valence-electron chi connectivity index (χ3n) is 1.98. The summed E-state index contributed by atoms with van der Waals surface area (Å²) < 4.78 is 5.03. The van der Waals surface area contributed by atoms with Crippen LogP contribution >= 0.6 is 11.6 Å². The SMILES string of the molecule is C#CC1=NC(OC)=C(Cl)C=C(CC)C1. The summed E-state index contributed by atoms with van der Waals surface area (Å²) in [6.45, 7) is 2.06. The van der Waals surface area contributed by atoms with Gasteiger partial charge in [0.15, 0.2) is 0 Å². The number of terminal acetylenes is 1. The molecule has 74 valence electrons. The second-order valence-corrected chi connectivity index (χ2v) is 3.30. The van der Waals surface area contributed by atoms with Crippen molar-refractivity contribution in [3.05, 3.63) is 22.6 Å². The first-order valence-electron chi connectivity index (χ1n) is 4.38. The number of aliphatic imine (C=N–C) groups is 1. The molecule has 0 atom stereocenters. The van der Waals surface area contributed by atoms with Crippen LogP contribution < -0.4 is 0 Å². The Morgan fingerprint density at radius 2 is 2.43 bits per heavy atom. The van der Waals surface area contributed by atoms with E-state index in [1.807, 2.05) is 6.08 Å². The summed E-state index contributed by atoms with van der Waals surface area (Å²) in [5.74, 6) is 2.92. The highest BCUT2D eigenvalue weighted by Crippen LogP contribution is 2.22. The molecule has 0 aromatic carbocycles. The zero-order valence-electron chi connectivity index (χ0n) is 8.30. The zero-order valence-corrected chi connectivity index (χ0v) is 9.06. The molecule has 0 saturated heterocycles. The monoisotopic (exact) mass is 209 g/mol. The minimum atomic E-state index is 0.392. The third kappa shape index (κ3) is 2.40. The molecule has 0 spiro atoms.